The third kappa shape index (κ3) is 5.00. The van der Waals surface area contributed by atoms with Crippen molar-refractivity contribution in [1.82, 2.24) is 10.2 Å². The smallest absolute Gasteiger partial charge is 0.317 e. The third-order valence-corrected chi connectivity index (χ3v) is 4.30. The van der Waals surface area contributed by atoms with Crippen LogP contribution in [-0.4, -0.2) is 36.6 Å². The van der Waals surface area contributed by atoms with Gasteiger partial charge in [-0.05, 0) is 62.4 Å². The molecule has 1 N–H and O–H groups in total. The van der Waals surface area contributed by atoms with Crippen molar-refractivity contribution >= 4 is 11.8 Å². The van der Waals surface area contributed by atoms with Crippen molar-refractivity contribution in [1.29, 1.82) is 0 Å². The van der Waals surface area contributed by atoms with Crippen LogP contribution in [0.4, 0.5) is 13.2 Å². The van der Waals surface area contributed by atoms with Crippen molar-refractivity contribution < 1.29 is 13.2 Å². The van der Waals surface area contributed by atoms with Gasteiger partial charge in [0.1, 0.15) is 0 Å². The largest absolute Gasteiger partial charge is 0.446 e. The monoisotopic (exact) mass is 304 g/mol. The molecule has 1 aliphatic rings. The number of hydrogen-bond acceptors (Lipinski definition) is 3. The molecule has 0 atom stereocenters. The van der Waals surface area contributed by atoms with Gasteiger partial charge in [-0.1, -0.05) is 12.1 Å². The maximum absolute atomic E-state index is 12.2. The Bertz CT molecular complexity index is 411. The number of nitrogens with zero attached hydrogens (tertiary/aromatic N) is 1. The molecule has 1 saturated heterocycles. The number of piperidine rings is 1. The van der Waals surface area contributed by atoms with Crippen molar-refractivity contribution in [2.75, 3.05) is 20.1 Å². The van der Waals surface area contributed by atoms with Crippen LogP contribution in [0.5, 0.6) is 0 Å². The second-order valence-electron chi connectivity index (χ2n) is 5.03. The van der Waals surface area contributed by atoms with Gasteiger partial charge >= 0.3 is 5.51 Å². The molecule has 0 spiro atoms. The number of nitrogens with one attached hydrogen (secondary N) is 1. The Hall–Kier alpha value is -0.720. The highest BCUT2D eigenvalue weighted by atomic mass is 32.2. The first kappa shape index (κ1) is 15.7. The summed E-state index contributed by atoms with van der Waals surface area (Å²) in [5, 5.41) is 3.28. The highest BCUT2D eigenvalue weighted by Crippen LogP contribution is 2.36. The summed E-state index contributed by atoms with van der Waals surface area (Å²) >= 11 is -0.0631. The lowest BCUT2D eigenvalue weighted by atomic mass is 10.0. The molecule has 0 radical (unpaired) electrons. The number of rotatable bonds is 4. The topological polar surface area (TPSA) is 15.3 Å². The molecule has 0 amide bonds. The van der Waals surface area contributed by atoms with E-state index in [0.717, 1.165) is 38.0 Å². The molecule has 112 valence electrons. The van der Waals surface area contributed by atoms with E-state index in [0.29, 0.717) is 6.04 Å². The fourth-order valence-corrected chi connectivity index (χ4v) is 2.97. The molecule has 6 heteroatoms. The van der Waals surface area contributed by atoms with Gasteiger partial charge in [0.15, 0.2) is 0 Å². The molecule has 2 nitrogen and oxygen atoms in total. The quantitative estimate of drug-likeness (QED) is 0.857. The van der Waals surface area contributed by atoms with Crippen LogP contribution in [0.15, 0.2) is 29.2 Å². The number of likely N-dealkylation sites (tertiary alicyclic amines) is 1. The first-order valence-electron chi connectivity index (χ1n) is 6.70. The van der Waals surface area contributed by atoms with E-state index < -0.39 is 5.51 Å². The van der Waals surface area contributed by atoms with Gasteiger partial charge in [0.05, 0.1) is 0 Å². The van der Waals surface area contributed by atoms with Crippen LogP contribution < -0.4 is 5.32 Å². The lowest BCUT2D eigenvalue weighted by molar-refractivity contribution is -0.0328. The molecule has 0 bridgehead atoms. The molecule has 0 aromatic heterocycles. The summed E-state index contributed by atoms with van der Waals surface area (Å²) in [6, 6.07) is 7.27. The molecule has 0 unspecified atom stereocenters. The average Bonchev–Trinajstić information content (AvgIpc) is 2.40. The molecule has 1 aromatic rings. The van der Waals surface area contributed by atoms with Crippen LogP contribution in [0, 0.1) is 0 Å². The zero-order valence-electron chi connectivity index (χ0n) is 11.4. The Morgan fingerprint density at radius 2 is 1.80 bits per heavy atom. The fourth-order valence-electron chi connectivity index (χ4n) is 2.43. The summed E-state index contributed by atoms with van der Waals surface area (Å²) in [5.41, 5.74) is -3.14. The minimum Gasteiger partial charge on any atom is -0.317 e. The van der Waals surface area contributed by atoms with Crippen molar-refractivity contribution in [3.8, 4) is 0 Å². The molecule has 1 fully saturated rings. The molecular formula is C14H19F3N2S. The summed E-state index contributed by atoms with van der Waals surface area (Å²) in [6.07, 6.45) is 2.25. The fraction of sp³-hybridized carbons (Fsp3) is 0.571. The van der Waals surface area contributed by atoms with E-state index in [4.69, 9.17) is 0 Å². The first-order valence-corrected chi connectivity index (χ1v) is 7.52. The van der Waals surface area contributed by atoms with Gasteiger partial charge in [-0.3, -0.25) is 4.90 Å². The van der Waals surface area contributed by atoms with Gasteiger partial charge in [0.2, 0.25) is 0 Å². The maximum atomic E-state index is 12.2. The minimum absolute atomic E-state index is 0.0631. The van der Waals surface area contributed by atoms with Crippen molar-refractivity contribution in [2.24, 2.45) is 0 Å². The highest BCUT2D eigenvalue weighted by Gasteiger charge is 2.29. The van der Waals surface area contributed by atoms with Gasteiger partial charge in [-0.2, -0.15) is 13.2 Å². The molecule has 20 heavy (non-hydrogen) atoms. The van der Waals surface area contributed by atoms with Gasteiger partial charge in [0.25, 0.3) is 0 Å². The van der Waals surface area contributed by atoms with Crippen LogP contribution in [0.2, 0.25) is 0 Å². The standard InChI is InChI=1S/C14H19F3N2S/c1-18-12-6-8-19(9-7-12)10-11-2-4-13(5-3-11)20-14(15,16)17/h2-5,12,18H,6-10H2,1H3. The van der Waals surface area contributed by atoms with Gasteiger partial charge in [0, 0.05) is 17.5 Å². The molecule has 2 rings (SSSR count). The van der Waals surface area contributed by atoms with Gasteiger partial charge in [-0.15, -0.1) is 0 Å². The second kappa shape index (κ2) is 6.83. The van der Waals surface area contributed by atoms with E-state index in [-0.39, 0.29) is 16.7 Å². The second-order valence-corrected chi connectivity index (χ2v) is 6.17. The van der Waals surface area contributed by atoms with Gasteiger partial charge < -0.3 is 5.32 Å². The van der Waals surface area contributed by atoms with E-state index in [1.807, 2.05) is 7.05 Å². The van der Waals surface area contributed by atoms with Gasteiger partial charge in [-0.25, -0.2) is 0 Å². The SMILES string of the molecule is CNC1CCN(Cc2ccc(SC(F)(F)F)cc2)CC1. The summed E-state index contributed by atoms with van der Waals surface area (Å²) in [6.45, 7) is 2.88. The van der Waals surface area contributed by atoms with Crippen molar-refractivity contribution in [3.05, 3.63) is 29.8 Å². The van der Waals surface area contributed by atoms with E-state index >= 15 is 0 Å². The Kier molecular flexibility index (Phi) is 5.35. The van der Waals surface area contributed by atoms with E-state index in [1.165, 1.54) is 0 Å². The van der Waals surface area contributed by atoms with Crippen molar-refractivity contribution in [2.45, 2.75) is 35.8 Å². The molecule has 0 saturated carbocycles. The molecule has 1 aliphatic heterocycles. The zero-order chi connectivity index (χ0) is 14.6. The number of benzene rings is 1. The molecule has 1 heterocycles. The van der Waals surface area contributed by atoms with E-state index in [2.05, 4.69) is 10.2 Å². The van der Waals surface area contributed by atoms with Crippen LogP contribution in [0.3, 0.4) is 0 Å². The Labute approximate surface area is 121 Å². The number of alkyl halides is 3. The summed E-state index contributed by atoms with van der Waals surface area (Å²) in [5.74, 6) is 0. The lowest BCUT2D eigenvalue weighted by Crippen LogP contribution is -2.40. The van der Waals surface area contributed by atoms with Crippen LogP contribution in [-0.2, 0) is 6.54 Å². The van der Waals surface area contributed by atoms with E-state index in [1.54, 1.807) is 24.3 Å². The Balaban J connectivity index is 1.85. The number of thioether (sulfide) groups is 1. The predicted octanol–water partition coefficient (Wildman–Crippen LogP) is 3.48. The van der Waals surface area contributed by atoms with Crippen LogP contribution >= 0.6 is 11.8 Å². The summed E-state index contributed by atoms with van der Waals surface area (Å²) in [4.78, 5) is 2.59. The summed E-state index contributed by atoms with van der Waals surface area (Å²) in [7, 11) is 1.98. The van der Waals surface area contributed by atoms with E-state index in [9.17, 15) is 13.2 Å². The average molecular weight is 304 g/mol. The molecule has 1 aromatic carbocycles. The lowest BCUT2D eigenvalue weighted by Gasteiger charge is -2.31. The number of halogens is 3. The number of hydrogen-bond donors (Lipinski definition) is 1. The zero-order valence-corrected chi connectivity index (χ0v) is 12.2. The third-order valence-electron chi connectivity index (χ3n) is 3.56. The Morgan fingerprint density at radius 3 is 2.30 bits per heavy atom. The van der Waals surface area contributed by atoms with Crippen LogP contribution in [0.1, 0.15) is 18.4 Å². The summed E-state index contributed by atoms with van der Waals surface area (Å²) < 4.78 is 36.7. The molecule has 0 aliphatic carbocycles. The predicted molar refractivity (Wildman–Crippen MR) is 75.7 cm³/mol. The molecular weight excluding hydrogens is 285 g/mol. The normalized spacial score (nSPS) is 18.4. The first-order chi connectivity index (χ1) is 9.46. The highest BCUT2D eigenvalue weighted by molar-refractivity contribution is 8.00. The minimum atomic E-state index is -4.21. The van der Waals surface area contributed by atoms with Crippen LogP contribution in [0.25, 0.3) is 0 Å². The maximum Gasteiger partial charge on any atom is 0.446 e. The Morgan fingerprint density at radius 1 is 1.20 bits per heavy atom. The van der Waals surface area contributed by atoms with Crippen molar-refractivity contribution in [3.63, 3.8) is 0 Å².